The molecule has 1 heterocycles. The van der Waals surface area contributed by atoms with Gasteiger partial charge in [-0.15, -0.1) is 0 Å². The third-order valence-corrected chi connectivity index (χ3v) is 4.89. The molecule has 1 amide bonds. The summed E-state index contributed by atoms with van der Waals surface area (Å²) in [6, 6.07) is 10.2. The van der Waals surface area contributed by atoms with Gasteiger partial charge in [-0.25, -0.2) is 0 Å². The molecule has 23 heavy (non-hydrogen) atoms. The average Bonchev–Trinajstić information content (AvgIpc) is 3.40. The summed E-state index contributed by atoms with van der Waals surface area (Å²) >= 11 is 1.79. The van der Waals surface area contributed by atoms with Crippen molar-refractivity contribution < 1.29 is 9.53 Å². The number of epoxide rings is 1. The lowest BCUT2D eigenvalue weighted by atomic mass is 10.2. The van der Waals surface area contributed by atoms with Gasteiger partial charge in [0.05, 0.1) is 18.8 Å². The van der Waals surface area contributed by atoms with Crippen LogP contribution in [0.2, 0.25) is 0 Å². The molecular weight excluding hydrogens is 308 g/mol. The second-order valence-electron chi connectivity index (χ2n) is 5.92. The molecule has 4 nitrogen and oxygen atoms in total. The van der Waals surface area contributed by atoms with Crippen molar-refractivity contribution in [3.05, 3.63) is 35.9 Å². The highest BCUT2D eigenvalue weighted by Crippen LogP contribution is 2.14. The number of thioether (sulfide) groups is 1. The van der Waals surface area contributed by atoms with Gasteiger partial charge in [-0.3, -0.25) is 4.79 Å². The van der Waals surface area contributed by atoms with E-state index in [1.807, 2.05) is 6.07 Å². The molecule has 2 rings (SSSR count). The normalized spacial score (nSPS) is 17.7. The Morgan fingerprint density at radius 1 is 1.35 bits per heavy atom. The predicted molar refractivity (Wildman–Crippen MR) is 96.7 cm³/mol. The molecule has 0 bridgehead atoms. The highest BCUT2D eigenvalue weighted by Gasteiger charge is 2.25. The highest BCUT2D eigenvalue weighted by molar-refractivity contribution is 7.98. The molecule has 0 radical (unpaired) electrons. The third kappa shape index (κ3) is 7.86. The van der Waals surface area contributed by atoms with Crippen LogP contribution in [0.1, 0.15) is 31.7 Å². The van der Waals surface area contributed by atoms with E-state index in [1.165, 1.54) is 12.0 Å². The van der Waals surface area contributed by atoms with E-state index in [-0.39, 0.29) is 11.9 Å². The van der Waals surface area contributed by atoms with Crippen LogP contribution < -0.4 is 10.6 Å². The molecule has 1 aromatic carbocycles. The highest BCUT2D eigenvalue weighted by atomic mass is 32.2. The zero-order chi connectivity index (χ0) is 16.3. The molecule has 5 heteroatoms. The van der Waals surface area contributed by atoms with Crippen LogP contribution in [0.5, 0.6) is 0 Å². The molecule has 2 atom stereocenters. The van der Waals surface area contributed by atoms with E-state index in [1.54, 1.807) is 11.8 Å². The van der Waals surface area contributed by atoms with Crippen LogP contribution in [0.25, 0.3) is 0 Å². The summed E-state index contributed by atoms with van der Waals surface area (Å²) in [5.74, 6) is 1.82. The summed E-state index contributed by atoms with van der Waals surface area (Å²) in [6.45, 7) is 4.52. The fraction of sp³-hybridized carbons (Fsp3) is 0.611. The lowest BCUT2D eigenvalue weighted by Gasteiger charge is -2.18. The predicted octanol–water partition coefficient (Wildman–Crippen LogP) is 2.58. The van der Waals surface area contributed by atoms with E-state index >= 15 is 0 Å². The first-order chi connectivity index (χ1) is 11.3. The fourth-order valence-corrected chi connectivity index (χ4v) is 3.32. The van der Waals surface area contributed by atoms with Crippen LogP contribution in [0.4, 0.5) is 0 Å². The number of benzene rings is 1. The number of hydrogen-bond donors (Lipinski definition) is 2. The number of carbonyl (C=O) groups is 1. The first kappa shape index (κ1) is 18.3. The number of carbonyl (C=O) groups excluding carboxylic acids is 1. The van der Waals surface area contributed by atoms with Gasteiger partial charge in [0.25, 0.3) is 0 Å². The molecule has 0 spiro atoms. The number of rotatable bonds is 12. The minimum absolute atomic E-state index is 0.113. The van der Waals surface area contributed by atoms with E-state index in [0.717, 1.165) is 44.0 Å². The van der Waals surface area contributed by atoms with Crippen LogP contribution in [0.15, 0.2) is 30.3 Å². The summed E-state index contributed by atoms with van der Waals surface area (Å²) < 4.78 is 5.22. The number of ether oxygens (including phenoxy) is 1. The number of unbranched alkanes of at least 4 members (excludes halogenated alkanes) is 2. The molecule has 2 N–H and O–H groups in total. The lowest BCUT2D eigenvalue weighted by Crippen LogP contribution is -2.47. The molecule has 128 valence electrons. The van der Waals surface area contributed by atoms with Gasteiger partial charge in [0.15, 0.2) is 0 Å². The Morgan fingerprint density at radius 2 is 2.13 bits per heavy atom. The maximum atomic E-state index is 12.4. The van der Waals surface area contributed by atoms with Gasteiger partial charge in [-0.05, 0) is 12.0 Å². The molecule has 1 saturated heterocycles. The topological polar surface area (TPSA) is 53.7 Å². The number of nitrogens with one attached hydrogen (secondary N) is 2. The van der Waals surface area contributed by atoms with Gasteiger partial charge in [-0.1, -0.05) is 50.1 Å². The van der Waals surface area contributed by atoms with Crippen molar-refractivity contribution in [2.24, 2.45) is 0 Å². The Balaban J connectivity index is 1.72. The Morgan fingerprint density at radius 3 is 2.83 bits per heavy atom. The SMILES string of the molecule is CCCCCNC(=O)C(CSCc1ccccc1)NCC1CO1. The van der Waals surface area contributed by atoms with E-state index < -0.39 is 0 Å². The minimum Gasteiger partial charge on any atom is -0.372 e. The first-order valence-electron chi connectivity index (χ1n) is 8.54. The van der Waals surface area contributed by atoms with Crippen molar-refractivity contribution >= 4 is 17.7 Å². The number of hydrogen-bond acceptors (Lipinski definition) is 4. The molecule has 1 fully saturated rings. The van der Waals surface area contributed by atoms with Crippen LogP contribution in [0.3, 0.4) is 0 Å². The molecule has 1 aliphatic heterocycles. The molecule has 0 aliphatic carbocycles. The fourth-order valence-electron chi connectivity index (χ4n) is 2.27. The van der Waals surface area contributed by atoms with Crippen LogP contribution in [0, 0.1) is 0 Å². The molecule has 0 aromatic heterocycles. The molecule has 2 unspecified atom stereocenters. The van der Waals surface area contributed by atoms with Crippen LogP contribution >= 0.6 is 11.8 Å². The smallest absolute Gasteiger partial charge is 0.237 e. The quantitative estimate of drug-likeness (QED) is 0.455. The van der Waals surface area contributed by atoms with Crippen molar-refractivity contribution in [3.8, 4) is 0 Å². The molecule has 1 aromatic rings. The summed E-state index contributed by atoms with van der Waals surface area (Å²) in [5, 5.41) is 6.41. The minimum atomic E-state index is -0.144. The maximum Gasteiger partial charge on any atom is 0.237 e. The van der Waals surface area contributed by atoms with E-state index in [4.69, 9.17) is 4.74 Å². The molecule has 0 saturated carbocycles. The first-order valence-corrected chi connectivity index (χ1v) is 9.69. The number of amides is 1. The van der Waals surface area contributed by atoms with Crippen molar-refractivity contribution in [1.29, 1.82) is 0 Å². The Kier molecular flexibility index (Phi) is 8.50. The second-order valence-corrected chi connectivity index (χ2v) is 6.95. The Labute approximate surface area is 143 Å². The van der Waals surface area contributed by atoms with Crippen LogP contribution in [-0.4, -0.2) is 43.5 Å². The molecule has 1 aliphatic rings. The zero-order valence-electron chi connectivity index (χ0n) is 13.9. The van der Waals surface area contributed by atoms with Crippen LogP contribution in [-0.2, 0) is 15.3 Å². The van der Waals surface area contributed by atoms with Gasteiger partial charge in [0.2, 0.25) is 5.91 Å². The zero-order valence-corrected chi connectivity index (χ0v) is 14.7. The second kappa shape index (κ2) is 10.7. The van der Waals surface area contributed by atoms with Gasteiger partial charge in [-0.2, -0.15) is 11.8 Å². The Hall–Kier alpha value is -1.04. The van der Waals surface area contributed by atoms with Gasteiger partial charge in [0.1, 0.15) is 0 Å². The third-order valence-electron chi connectivity index (χ3n) is 3.79. The van der Waals surface area contributed by atoms with E-state index in [9.17, 15) is 4.79 Å². The average molecular weight is 337 g/mol. The Bertz CT molecular complexity index is 452. The van der Waals surface area contributed by atoms with Crippen molar-refractivity contribution in [2.75, 3.05) is 25.4 Å². The lowest BCUT2D eigenvalue weighted by molar-refractivity contribution is -0.122. The summed E-state index contributed by atoms with van der Waals surface area (Å²) in [7, 11) is 0. The van der Waals surface area contributed by atoms with E-state index in [2.05, 4.69) is 41.8 Å². The van der Waals surface area contributed by atoms with E-state index in [0.29, 0.717) is 6.10 Å². The summed E-state index contributed by atoms with van der Waals surface area (Å²) in [4.78, 5) is 12.4. The standard InChI is InChI=1S/C18H28N2O2S/c1-2-3-7-10-19-18(21)17(20-11-16-12-22-16)14-23-13-15-8-5-4-6-9-15/h4-6,8-9,16-17,20H,2-3,7,10-14H2,1H3,(H,19,21). The monoisotopic (exact) mass is 336 g/mol. The largest absolute Gasteiger partial charge is 0.372 e. The summed E-state index contributed by atoms with van der Waals surface area (Å²) in [6.07, 6.45) is 3.68. The molecular formula is C18H28N2O2S. The summed E-state index contributed by atoms with van der Waals surface area (Å²) in [5.41, 5.74) is 1.30. The van der Waals surface area contributed by atoms with Crippen molar-refractivity contribution in [2.45, 2.75) is 44.1 Å². The van der Waals surface area contributed by atoms with Crippen molar-refractivity contribution in [3.63, 3.8) is 0 Å². The van der Waals surface area contributed by atoms with Gasteiger partial charge >= 0.3 is 0 Å². The maximum absolute atomic E-state index is 12.4. The van der Waals surface area contributed by atoms with Crippen molar-refractivity contribution in [1.82, 2.24) is 10.6 Å². The van der Waals surface area contributed by atoms with Gasteiger partial charge < -0.3 is 15.4 Å². The van der Waals surface area contributed by atoms with Gasteiger partial charge in [0, 0.05) is 24.6 Å².